The molecule has 0 aliphatic carbocycles. The number of hydrogen-bond donors (Lipinski definition) is 1. The Balaban J connectivity index is 2.06. The molecule has 1 aliphatic rings. The van der Waals surface area contributed by atoms with Gasteiger partial charge >= 0.3 is 0 Å². The second-order valence-corrected chi connectivity index (χ2v) is 6.25. The van der Waals surface area contributed by atoms with E-state index in [0.717, 1.165) is 43.5 Å². The average molecular weight is 293 g/mol. The Morgan fingerprint density at radius 3 is 2.30 bits per heavy atom. The van der Waals surface area contributed by atoms with Gasteiger partial charge in [0.05, 0.1) is 10.5 Å². The first kappa shape index (κ1) is 15.1. The number of anilines is 1. The van der Waals surface area contributed by atoms with E-state index < -0.39 is 0 Å². The molecule has 0 atom stereocenters. The van der Waals surface area contributed by atoms with E-state index in [2.05, 4.69) is 33.6 Å². The third-order valence-corrected chi connectivity index (χ3v) is 4.45. The first-order valence-electron chi connectivity index (χ1n) is 6.93. The number of aryl methyl sites for hydroxylation is 2. The van der Waals surface area contributed by atoms with Crippen molar-refractivity contribution in [1.29, 1.82) is 0 Å². The molecule has 1 aliphatic heterocycles. The highest BCUT2D eigenvalue weighted by molar-refractivity contribution is 7.80. The summed E-state index contributed by atoms with van der Waals surface area (Å²) >= 11 is 5.17. The van der Waals surface area contributed by atoms with Gasteiger partial charge in [0, 0.05) is 37.9 Å². The van der Waals surface area contributed by atoms with Crippen LogP contribution in [-0.2, 0) is 0 Å². The Hall–Kier alpha value is -1.27. The average Bonchev–Trinajstić information content (AvgIpc) is 2.37. The van der Waals surface area contributed by atoms with Crippen molar-refractivity contribution < 1.29 is 0 Å². The zero-order valence-electron chi connectivity index (χ0n) is 12.7. The molecule has 0 saturated carbocycles. The van der Waals surface area contributed by atoms with E-state index in [4.69, 9.17) is 18.0 Å². The Morgan fingerprint density at radius 1 is 1.20 bits per heavy atom. The van der Waals surface area contributed by atoms with E-state index >= 15 is 0 Å². The van der Waals surface area contributed by atoms with Gasteiger partial charge in [-0.3, -0.25) is 4.90 Å². The molecule has 1 aromatic heterocycles. The topological polar surface area (TPSA) is 58.3 Å². The van der Waals surface area contributed by atoms with Crippen molar-refractivity contribution in [2.45, 2.75) is 33.2 Å². The van der Waals surface area contributed by atoms with Gasteiger partial charge in [0.25, 0.3) is 0 Å². The lowest BCUT2D eigenvalue weighted by molar-refractivity contribution is 0.168. The van der Waals surface area contributed by atoms with Crippen molar-refractivity contribution in [2.75, 3.05) is 31.1 Å². The maximum atomic E-state index is 5.84. The van der Waals surface area contributed by atoms with Crippen LogP contribution >= 0.6 is 12.2 Å². The second-order valence-electron chi connectivity index (χ2n) is 5.81. The van der Waals surface area contributed by atoms with Crippen LogP contribution in [0.1, 0.15) is 25.4 Å². The van der Waals surface area contributed by atoms with Gasteiger partial charge in [-0.2, -0.15) is 0 Å². The van der Waals surface area contributed by atoms with Gasteiger partial charge in [-0.15, -0.1) is 0 Å². The fraction of sp³-hybridized carbons (Fsp3) is 0.643. The number of nitrogens with two attached hydrogens (primary N) is 1. The van der Waals surface area contributed by atoms with Crippen molar-refractivity contribution in [2.24, 2.45) is 5.73 Å². The fourth-order valence-corrected chi connectivity index (χ4v) is 2.64. The summed E-state index contributed by atoms with van der Waals surface area (Å²) in [6.07, 6.45) is 0. The van der Waals surface area contributed by atoms with E-state index in [1.165, 1.54) is 0 Å². The molecule has 0 bridgehead atoms. The molecule has 0 radical (unpaired) electrons. The maximum absolute atomic E-state index is 5.84. The molecule has 2 rings (SSSR count). The number of nitrogens with zero attached hydrogens (tertiary/aromatic N) is 4. The Kier molecular flexibility index (Phi) is 4.25. The predicted molar refractivity (Wildman–Crippen MR) is 86.2 cm³/mol. The number of hydrogen-bond acceptors (Lipinski definition) is 5. The minimum atomic E-state index is -0.223. The van der Waals surface area contributed by atoms with Crippen LogP contribution in [0.2, 0.25) is 0 Å². The normalized spacial score (nSPS) is 17.3. The molecule has 0 unspecified atom stereocenters. The van der Waals surface area contributed by atoms with Crippen LogP contribution in [-0.4, -0.2) is 51.6 Å². The largest absolute Gasteiger partial charge is 0.392 e. The number of thiocarbonyl (C=S) groups is 1. The Labute approximate surface area is 126 Å². The van der Waals surface area contributed by atoms with Crippen molar-refractivity contribution in [1.82, 2.24) is 14.9 Å². The summed E-state index contributed by atoms with van der Waals surface area (Å²) in [6, 6.07) is 2.04. The van der Waals surface area contributed by atoms with Gasteiger partial charge in [0.15, 0.2) is 0 Å². The Morgan fingerprint density at radius 2 is 1.80 bits per heavy atom. The Bertz CT molecular complexity index is 486. The van der Waals surface area contributed by atoms with Crippen molar-refractivity contribution in [3.8, 4) is 0 Å². The molecule has 1 aromatic rings. The van der Waals surface area contributed by atoms with Crippen molar-refractivity contribution in [3.05, 3.63) is 17.6 Å². The molecule has 0 amide bonds. The molecule has 6 heteroatoms. The van der Waals surface area contributed by atoms with E-state index in [-0.39, 0.29) is 5.54 Å². The highest BCUT2D eigenvalue weighted by Gasteiger charge is 2.32. The molecule has 0 spiro atoms. The van der Waals surface area contributed by atoms with E-state index in [1.807, 2.05) is 19.9 Å². The molecule has 2 heterocycles. The van der Waals surface area contributed by atoms with Crippen LogP contribution in [0.3, 0.4) is 0 Å². The summed E-state index contributed by atoms with van der Waals surface area (Å²) in [4.78, 5) is 14.0. The molecule has 20 heavy (non-hydrogen) atoms. The van der Waals surface area contributed by atoms with Crippen LogP contribution < -0.4 is 10.6 Å². The summed E-state index contributed by atoms with van der Waals surface area (Å²) in [5.74, 6) is 1.84. The SMILES string of the molecule is Cc1cc(N2CCN(C(C)(C)C(N)=S)CC2)nc(C)n1. The molecule has 0 aromatic carbocycles. The third-order valence-electron chi connectivity index (χ3n) is 3.95. The van der Waals surface area contributed by atoms with Gasteiger partial charge in [0.2, 0.25) is 0 Å². The van der Waals surface area contributed by atoms with Gasteiger partial charge in [-0.25, -0.2) is 9.97 Å². The highest BCUT2D eigenvalue weighted by Crippen LogP contribution is 2.20. The first-order valence-corrected chi connectivity index (χ1v) is 7.33. The minimum absolute atomic E-state index is 0.223. The van der Waals surface area contributed by atoms with E-state index in [0.29, 0.717) is 4.99 Å². The summed E-state index contributed by atoms with van der Waals surface area (Å²) < 4.78 is 0. The number of aromatic nitrogens is 2. The van der Waals surface area contributed by atoms with Crippen LogP contribution in [0.25, 0.3) is 0 Å². The molecular formula is C14H23N5S. The standard InChI is InChI=1S/C14H23N5S/c1-10-9-12(17-11(2)16-10)18-5-7-19(8-6-18)14(3,4)13(15)20/h9H,5-8H2,1-4H3,(H2,15,20). The highest BCUT2D eigenvalue weighted by atomic mass is 32.1. The zero-order chi connectivity index (χ0) is 14.9. The summed E-state index contributed by atoms with van der Waals surface area (Å²) in [5.41, 5.74) is 6.63. The quantitative estimate of drug-likeness (QED) is 0.847. The smallest absolute Gasteiger partial charge is 0.132 e. The summed E-state index contributed by atoms with van der Waals surface area (Å²) in [5, 5.41) is 0. The number of piperazine rings is 1. The fourth-order valence-electron chi connectivity index (χ4n) is 2.51. The zero-order valence-corrected chi connectivity index (χ0v) is 13.5. The van der Waals surface area contributed by atoms with Gasteiger partial charge in [-0.05, 0) is 27.7 Å². The lowest BCUT2D eigenvalue weighted by atomic mass is 10.0. The molecule has 1 saturated heterocycles. The van der Waals surface area contributed by atoms with E-state index in [9.17, 15) is 0 Å². The number of rotatable bonds is 3. The van der Waals surface area contributed by atoms with Crippen LogP contribution in [0.5, 0.6) is 0 Å². The van der Waals surface area contributed by atoms with Crippen LogP contribution in [0.4, 0.5) is 5.82 Å². The second kappa shape index (κ2) is 5.61. The van der Waals surface area contributed by atoms with Crippen molar-refractivity contribution >= 4 is 23.0 Å². The van der Waals surface area contributed by atoms with E-state index in [1.54, 1.807) is 0 Å². The molecule has 2 N–H and O–H groups in total. The maximum Gasteiger partial charge on any atom is 0.132 e. The first-order chi connectivity index (χ1) is 9.30. The van der Waals surface area contributed by atoms with Crippen LogP contribution in [0, 0.1) is 13.8 Å². The summed E-state index contributed by atoms with van der Waals surface area (Å²) in [6.45, 7) is 11.9. The molecule has 5 nitrogen and oxygen atoms in total. The predicted octanol–water partition coefficient (Wildman–Crippen LogP) is 1.28. The molecule has 110 valence electrons. The van der Waals surface area contributed by atoms with Gasteiger partial charge < -0.3 is 10.6 Å². The molecular weight excluding hydrogens is 270 g/mol. The lowest BCUT2D eigenvalue weighted by Gasteiger charge is -2.43. The van der Waals surface area contributed by atoms with Crippen LogP contribution in [0.15, 0.2) is 6.07 Å². The van der Waals surface area contributed by atoms with Crippen molar-refractivity contribution in [3.63, 3.8) is 0 Å². The minimum Gasteiger partial charge on any atom is -0.392 e. The summed E-state index contributed by atoms with van der Waals surface area (Å²) in [7, 11) is 0. The lowest BCUT2D eigenvalue weighted by Crippen LogP contribution is -2.59. The molecule has 1 fully saturated rings. The van der Waals surface area contributed by atoms with Gasteiger partial charge in [0.1, 0.15) is 11.6 Å². The van der Waals surface area contributed by atoms with Gasteiger partial charge in [-0.1, -0.05) is 12.2 Å². The monoisotopic (exact) mass is 293 g/mol. The third kappa shape index (κ3) is 3.07.